The summed E-state index contributed by atoms with van der Waals surface area (Å²) in [5, 5.41) is 1.14. The number of nitrogens with one attached hydrogen (secondary N) is 1. The van der Waals surface area contributed by atoms with Crippen molar-refractivity contribution in [2.45, 2.75) is 19.6 Å². The maximum Gasteiger partial charge on any atom is 0.387 e. The van der Waals surface area contributed by atoms with Gasteiger partial charge in [-0.1, -0.05) is 18.2 Å². The quantitative estimate of drug-likeness (QED) is 0.735. The largest absolute Gasteiger partial charge is 0.435 e. The average molecular weight is 355 g/mol. The maximum absolute atomic E-state index is 12.4. The molecular formula is C20H19F2N3O. The molecule has 2 aromatic heterocycles. The third kappa shape index (κ3) is 3.60. The molecule has 1 aliphatic heterocycles. The van der Waals surface area contributed by atoms with Crippen molar-refractivity contribution in [2.24, 2.45) is 0 Å². The van der Waals surface area contributed by atoms with Crippen LogP contribution < -0.4 is 4.74 Å². The topological polar surface area (TPSA) is 41.1 Å². The molecule has 0 spiro atoms. The highest BCUT2D eigenvalue weighted by Gasteiger charge is 2.16. The molecule has 1 aliphatic rings. The van der Waals surface area contributed by atoms with E-state index in [0.717, 1.165) is 36.1 Å². The third-order valence-electron chi connectivity index (χ3n) is 4.62. The van der Waals surface area contributed by atoms with Crippen molar-refractivity contribution in [1.82, 2.24) is 14.9 Å². The summed E-state index contributed by atoms with van der Waals surface area (Å²) in [7, 11) is 0. The van der Waals surface area contributed by atoms with Gasteiger partial charge >= 0.3 is 6.61 Å². The van der Waals surface area contributed by atoms with Gasteiger partial charge in [0.15, 0.2) is 0 Å². The monoisotopic (exact) mass is 355 g/mol. The number of aromatic nitrogens is 2. The lowest BCUT2D eigenvalue weighted by atomic mass is 9.99. The molecule has 0 atom stereocenters. The summed E-state index contributed by atoms with van der Waals surface area (Å²) in [6, 6.07) is 10.9. The Morgan fingerprint density at radius 1 is 1.23 bits per heavy atom. The van der Waals surface area contributed by atoms with E-state index in [4.69, 9.17) is 0 Å². The standard InChI is InChI=1S/C20H19F2N3O/c21-20(22)26-16-4-1-3-14(11-16)13-25-9-6-15(7-10-25)18-12-24-19-17(18)5-2-8-23-19/h1-6,8,11-12,20H,7,9-10,13H2,(H,23,24). The van der Waals surface area contributed by atoms with Crippen molar-refractivity contribution in [3.63, 3.8) is 0 Å². The molecule has 4 rings (SSSR count). The SMILES string of the molecule is FC(F)Oc1cccc(CN2CC=C(c3c[nH]c4ncccc34)CC2)c1. The number of aromatic amines is 1. The van der Waals surface area contributed by atoms with Crippen LogP contribution in [0.1, 0.15) is 17.5 Å². The summed E-state index contributed by atoms with van der Waals surface area (Å²) in [6.45, 7) is -0.350. The molecule has 6 heteroatoms. The minimum absolute atomic E-state index is 0.206. The number of rotatable bonds is 5. The molecule has 1 aromatic carbocycles. The highest BCUT2D eigenvalue weighted by Crippen LogP contribution is 2.29. The van der Waals surface area contributed by atoms with Crippen LogP contribution in [0.25, 0.3) is 16.6 Å². The number of halogens is 2. The van der Waals surface area contributed by atoms with Crippen LogP contribution in [0.5, 0.6) is 5.75 Å². The van der Waals surface area contributed by atoms with Crippen LogP contribution >= 0.6 is 0 Å². The van der Waals surface area contributed by atoms with Crippen LogP contribution in [-0.4, -0.2) is 34.6 Å². The van der Waals surface area contributed by atoms with Gasteiger partial charge in [-0.2, -0.15) is 8.78 Å². The number of fused-ring (bicyclic) bond motifs is 1. The van der Waals surface area contributed by atoms with E-state index in [2.05, 4.69) is 31.7 Å². The predicted octanol–water partition coefficient (Wildman–Crippen LogP) is 4.45. The zero-order chi connectivity index (χ0) is 17.9. The molecule has 0 bridgehead atoms. The number of H-pyrrole nitrogens is 1. The highest BCUT2D eigenvalue weighted by atomic mass is 19.3. The number of alkyl halides is 2. The van der Waals surface area contributed by atoms with Gasteiger partial charge in [0, 0.05) is 43.0 Å². The first-order valence-electron chi connectivity index (χ1n) is 8.56. The molecule has 0 radical (unpaired) electrons. The Morgan fingerprint density at radius 3 is 2.96 bits per heavy atom. The molecule has 26 heavy (non-hydrogen) atoms. The van der Waals surface area contributed by atoms with E-state index in [0.29, 0.717) is 6.54 Å². The first-order chi connectivity index (χ1) is 12.7. The van der Waals surface area contributed by atoms with Gasteiger partial charge in [-0.05, 0) is 41.8 Å². The average Bonchev–Trinajstić information content (AvgIpc) is 3.06. The highest BCUT2D eigenvalue weighted by molar-refractivity contribution is 5.90. The molecular weight excluding hydrogens is 336 g/mol. The zero-order valence-electron chi connectivity index (χ0n) is 14.2. The van der Waals surface area contributed by atoms with Gasteiger partial charge < -0.3 is 9.72 Å². The predicted molar refractivity (Wildman–Crippen MR) is 97.0 cm³/mol. The molecule has 134 valence electrons. The van der Waals surface area contributed by atoms with Gasteiger partial charge in [0.05, 0.1) is 0 Å². The van der Waals surface area contributed by atoms with Crippen molar-refractivity contribution >= 4 is 16.6 Å². The Morgan fingerprint density at radius 2 is 2.15 bits per heavy atom. The first-order valence-corrected chi connectivity index (χ1v) is 8.56. The van der Waals surface area contributed by atoms with E-state index in [1.165, 1.54) is 11.1 Å². The zero-order valence-corrected chi connectivity index (χ0v) is 14.2. The van der Waals surface area contributed by atoms with E-state index in [1.807, 2.05) is 18.3 Å². The molecule has 3 heterocycles. The lowest BCUT2D eigenvalue weighted by Gasteiger charge is -2.26. The lowest BCUT2D eigenvalue weighted by molar-refractivity contribution is -0.0499. The van der Waals surface area contributed by atoms with Crippen LogP contribution in [0.3, 0.4) is 0 Å². The van der Waals surface area contributed by atoms with Gasteiger partial charge in [-0.25, -0.2) is 4.98 Å². The Kier molecular flexibility index (Phi) is 4.67. The Hall–Kier alpha value is -2.73. The minimum Gasteiger partial charge on any atom is -0.435 e. The van der Waals surface area contributed by atoms with Crippen molar-refractivity contribution in [2.75, 3.05) is 13.1 Å². The fraction of sp³-hybridized carbons (Fsp3) is 0.250. The maximum atomic E-state index is 12.4. The smallest absolute Gasteiger partial charge is 0.387 e. The molecule has 0 fully saturated rings. The second kappa shape index (κ2) is 7.25. The van der Waals surface area contributed by atoms with Crippen LogP contribution in [0.2, 0.25) is 0 Å². The second-order valence-electron chi connectivity index (χ2n) is 6.34. The summed E-state index contributed by atoms with van der Waals surface area (Å²) in [4.78, 5) is 9.85. The second-order valence-corrected chi connectivity index (χ2v) is 6.34. The van der Waals surface area contributed by atoms with Crippen molar-refractivity contribution < 1.29 is 13.5 Å². The fourth-order valence-corrected chi connectivity index (χ4v) is 3.40. The minimum atomic E-state index is -2.80. The summed E-state index contributed by atoms with van der Waals surface area (Å²) in [5.74, 6) is 0.206. The molecule has 3 aromatic rings. The third-order valence-corrected chi connectivity index (χ3v) is 4.62. The van der Waals surface area contributed by atoms with Crippen molar-refractivity contribution in [3.8, 4) is 5.75 Å². The van der Waals surface area contributed by atoms with Gasteiger partial charge in [-0.3, -0.25) is 4.90 Å². The van der Waals surface area contributed by atoms with Gasteiger partial charge in [0.25, 0.3) is 0 Å². The Bertz CT molecular complexity index is 935. The first kappa shape index (κ1) is 16.7. The van der Waals surface area contributed by atoms with Gasteiger partial charge in [0.2, 0.25) is 0 Å². The molecule has 1 N–H and O–H groups in total. The van der Waals surface area contributed by atoms with Crippen LogP contribution in [0.4, 0.5) is 8.78 Å². The van der Waals surface area contributed by atoms with Gasteiger partial charge in [-0.15, -0.1) is 0 Å². The lowest BCUT2D eigenvalue weighted by Crippen LogP contribution is -2.28. The molecule has 4 nitrogen and oxygen atoms in total. The molecule has 0 amide bonds. The summed E-state index contributed by atoms with van der Waals surface area (Å²) in [5.41, 5.74) is 4.40. The number of benzene rings is 1. The number of hydrogen-bond donors (Lipinski definition) is 1. The van der Waals surface area contributed by atoms with Crippen molar-refractivity contribution in [1.29, 1.82) is 0 Å². The number of nitrogens with zero attached hydrogens (tertiary/aromatic N) is 2. The van der Waals surface area contributed by atoms with E-state index in [-0.39, 0.29) is 5.75 Å². The fourth-order valence-electron chi connectivity index (χ4n) is 3.40. The molecule has 0 saturated carbocycles. The van der Waals surface area contributed by atoms with Crippen LogP contribution in [0, 0.1) is 0 Å². The van der Waals surface area contributed by atoms with E-state index >= 15 is 0 Å². The molecule has 0 unspecified atom stereocenters. The Labute approximate surface area is 150 Å². The van der Waals surface area contributed by atoms with E-state index < -0.39 is 6.61 Å². The van der Waals surface area contributed by atoms with E-state index in [1.54, 1.807) is 24.4 Å². The normalized spacial score (nSPS) is 15.4. The molecule has 0 aliphatic carbocycles. The summed E-state index contributed by atoms with van der Waals surface area (Å²) >= 11 is 0. The number of ether oxygens (including phenoxy) is 1. The van der Waals surface area contributed by atoms with Gasteiger partial charge in [0.1, 0.15) is 11.4 Å². The number of hydrogen-bond acceptors (Lipinski definition) is 3. The summed E-state index contributed by atoms with van der Waals surface area (Å²) < 4.78 is 29.2. The van der Waals surface area contributed by atoms with Crippen molar-refractivity contribution in [3.05, 3.63) is 66.0 Å². The summed E-state index contributed by atoms with van der Waals surface area (Å²) in [6.07, 6.45) is 6.98. The van der Waals surface area contributed by atoms with E-state index in [9.17, 15) is 8.78 Å². The molecule has 0 saturated heterocycles. The van der Waals surface area contributed by atoms with Crippen LogP contribution in [0.15, 0.2) is 54.9 Å². The number of pyridine rings is 1. The van der Waals surface area contributed by atoms with Crippen LogP contribution in [-0.2, 0) is 6.54 Å². The Balaban J connectivity index is 1.45.